The molecule has 0 aliphatic carbocycles. The number of carbonyl (C=O) groups is 1. The molecule has 0 saturated heterocycles. The molecule has 1 atom stereocenters. The number of benzene rings is 1. The Kier molecular flexibility index (Phi) is 4.97. The SMILES string of the molecule is COc1ccc(C2=NN(Cc3ccccc3)C(=O)CC2C)c2cc(C(F)(F)F)nn12. The summed E-state index contributed by atoms with van der Waals surface area (Å²) < 4.78 is 46.1. The zero-order valence-electron chi connectivity index (χ0n) is 16.3. The van der Waals surface area contributed by atoms with Crippen molar-refractivity contribution >= 4 is 17.1 Å². The van der Waals surface area contributed by atoms with Crippen LogP contribution in [0.4, 0.5) is 13.2 Å². The number of carbonyl (C=O) groups excluding carboxylic acids is 1. The molecule has 1 amide bonds. The summed E-state index contributed by atoms with van der Waals surface area (Å²) in [5.41, 5.74) is 1.13. The van der Waals surface area contributed by atoms with E-state index in [1.807, 2.05) is 37.3 Å². The van der Waals surface area contributed by atoms with Crippen LogP contribution >= 0.6 is 0 Å². The van der Waals surface area contributed by atoms with Gasteiger partial charge in [0.15, 0.2) is 5.69 Å². The second-order valence-corrected chi connectivity index (χ2v) is 7.14. The van der Waals surface area contributed by atoms with Gasteiger partial charge in [0, 0.05) is 24.0 Å². The monoisotopic (exact) mass is 416 g/mol. The van der Waals surface area contributed by atoms with Gasteiger partial charge >= 0.3 is 6.18 Å². The number of nitrogens with zero attached hydrogens (tertiary/aromatic N) is 4. The summed E-state index contributed by atoms with van der Waals surface area (Å²) in [5.74, 6) is -0.222. The van der Waals surface area contributed by atoms with Gasteiger partial charge in [-0.2, -0.15) is 27.9 Å². The van der Waals surface area contributed by atoms with Crippen LogP contribution in [0.1, 0.15) is 30.2 Å². The summed E-state index contributed by atoms with van der Waals surface area (Å²) in [6.07, 6.45) is -4.38. The Morgan fingerprint density at radius 1 is 1.17 bits per heavy atom. The molecular weight excluding hydrogens is 397 g/mol. The van der Waals surface area contributed by atoms with Gasteiger partial charge in [-0.15, -0.1) is 0 Å². The van der Waals surface area contributed by atoms with Crippen molar-refractivity contribution in [2.24, 2.45) is 11.0 Å². The molecule has 2 aromatic heterocycles. The van der Waals surface area contributed by atoms with Gasteiger partial charge < -0.3 is 4.74 Å². The van der Waals surface area contributed by atoms with Crippen molar-refractivity contribution in [3.05, 3.63) is 65.4 Å². The van der Waals surface area contributed by atoms with Crippen molar-refractivity contribution < 1.29 is 22.7 Å². The fourth-order valence-electron chi connectivity index (χ4n) is 3.51. The lowest BCUT2D eigenvalue weighted by molar-refractivity contribution is -0.141. The Hall–Kier alpha value is -3.36. The molecule has 30 heavy (non-hydrogen) atoms. The van der Waals surface area contributed by atoms with Crippen LogP contribution in [0.15, 0.2) is 53.6 Å². The first-order chi connectivity index (χ1) is 14.3. The van der Waals surface area contributed by atoms with Gasteiger partial charge in [0.05, 0.1) is 24.9 Å². The van der Waals surface area contributed by atoms with Crippen molar-refractivity contribution in [2.75, 3.05) is 7.11 Å². The summed E-state index contributed by atoms with van der Waals surface area (Å²) in [4.78, 5) is 12.5. The molecule has 3 heterocycles. The van der Waals surface area contributed by atoms with Gasteiger partial charge in [-0.25, -0.2) is 5.01 Å². The normalized spacial score (nSPS) is 17.4. The molecule has 6 nitrogen and oxygen atoms in total. The molecule has 0 fully saturated rings. The maximum atomic E-state index is 13.3. The smallest absolute Gasteiger partial charge is 0.435 e. The van der Waals surface area contributed by atoms with E-state index < -0.39 is 11.9 Å². The highest BCUT2D eigenvalue weighted by molar-refractivity contribution is 6.10. The number of ether oxygens (including phenoxy) is 1. The number of alkyl halides is 3. The van der Waals surface area contributed by atoms with Crippen LogP contribution in [0.3, 0.4) is 0 Å². The van der Waals surface area contributed by atoms with Crippen molar-refractivity contribution in [3.8, 4) is 5.88 Å². The fourth-order valence-corrected chi connectivity index (χ4v) is 3.51. The van der Waals surface area contributed by atoms with Crippen LogP contribution in [0, 0.1) is 5.92 Å². The molecule has 0 N–H and O–H groups in total. The summed E-state index contributed by atoms with van der Waals surface area (Å²) in [5, 5.41) is 9.56. The number of hydrogen-bond donors (Lipinski definition) is 0. The third-order valence-electron chi connectivity index (χ3n) is 5.00. The van der Waals surface area contributed by atoms with Crippen LogP contribution in [-0.2, 0) is 17.5 Å². The summed E-state index contributed by atoms with van der Waals surface area (Å²) in [6.45, 7) is 2.12. The molecule has 1 aliphatic heterocycles. The number of hydrazone groups is 1. The minimum absolute atomic E-state index is 0.135. The Morgan fingerprint density at radius 3 is 2.57 bits per heavy atom. The highest BCUT2D eigenvalue weighted by Gasteiger charge is 2.36. The lowest BCUT2D eigenvalue weighted by Crippen LogP contribution is -2.36. The van der Waals surface area contributed by atoms with Gasteiger partial charge in [-0.05, 0) is 17.7 Å². The third-order valence-corrected chi connectivity index (χ3v) is 5.00. The second kappa shape index (κ2) is 7.47. The number of hydrogen-bond acceptors (Lipinski definition) is 4. The summed E-state index contributed by atoms with van der Waals surface area (Å²) in [6, 6.07) is 13.6. The minimum Gasteiger partial charge on any atom is -0.481 e. The van der Waals surface area contributed by atoms with E-state index in [2.05, 4.69) is 10.2 Å². The van der Waals surface area contributed by atoms with Crippen molar-refractivity contribution in [1.29, 1.82) is 0 Å². The fraction of sp³-hybridized carbons (Fsp3) is 0.286. The van der Waals surface area contributed by atoms with Gasteiger partial charge in [0.25, 0.3) is 0 Å². The van der Waals surface area contributed by atoms with Crippen LogP contribution in [0.2, 0.25) is 0 Å². The average Bonchev–Trinajstić information content (AvgIpc) is 3.16. The Morgan fingerprint density at radius 2 is 1.90 bits per heavy atom. The molecule has 9 heteroatoms. The first-order valence-electron chi connectivity index (χ1n) is 9.35. The molecule has 0 saturated carbocycles. The number of aromatic nitrogens is 2. The lowest BCUT2D eigenvalue weighted by atomic mass is 9.93. The topological polar surface area (TPSA) is 59.2 Å². The highest BCUT2D eigenvalue weighted by Crippen LogP contribution is 2.33. The number of methoxy groups -OCH3 is 1. The number of fused-ring (bicyclic) bond motifs is 1. The molecule has 1 aliphatic rings. The second-order valence-electron chi connectivity index (χ2n) is 7.14. The van der Waals surface area contributed by atoms with Crippen LogP contribution in [0.5, 0.6) is 5.88 Å². The van der Waals surface area contributed by atoms with E-state index in [1.165, 1.54) is 12.1 Å². The van der Waals surface area contributed by atoms with E-state index in [9.17, 15) is 18.0 Å². The van der Waals surface area contributed by atoms with E-state index in [-0.39, 0.29) is 36.2 Å². The van der Waals surface area contributed by atoms with Crippen molar-refractivity contribution in [1.82, 2.24) is 14.6 Å². The van der Waals surface area contributed by atoms with Crippen LogP contribution in [0.25, 0.3) is 5.52 Å². The molecule has 0 spiro atoms. The van der Waals surface area contributed by atoms with E-state index >= 15 is 0 Å². The number of rotatable bonds is 4. The van der Waals surface area contributed by atoms with Crippen molar-refractivity contribution in [2.45, 2.75) is 26.1 Å². The quantitative estimate of drug-likeness (QED) is 0.643. The molecule has 1 unspecified atom stereocenters. The average molecular weight is 416 g/mol. The standard InChI is InChI=1S/C21H19F3N4O2/c1-13-10-18(29)27(12-14-6-4-3-5-7-14)26-20(13)15-8-9-19(30-2)28-16(15)11-17(25-28)21(22,23)24/h3-9,11,13H,10,12H2,1-2H3. The molecule has 4 rings (SSSR count). The van der Waals surface area contributed by atoms with E-state index in [0.717, 1.165) is 16.1 Å². The maximum Gasteiger partial charge on any atom is 0.435 e. The molecule has 0 radical (unpaired) electrons. The molecule has 1 aromatic carbocycles. The van der Waals surface area contributed by atoms with Gasteiger partial charge in [-0.1, -0.05) is 37.3 Å². The van der Waals surface area contributed by atoms with Gasteiger partial charge in [-0.3, -0.25) is 4.79 Å². The minimum atomic E-state index is -4.59. The highest BCUT2D eigenvalue weighted by atomic mass is 19.4. The van der Waals surface area contributed by atoms with Crippen LogP contribution in [-0.4, -0.2) is 33.4 Å². The zero-order valence-corrected chi connectivity index (χ0v) is 16.3. The molecular formula is C21H19F3N4O2. The van der Waals surface area contributed by atoms with E-state index in [4.69, 9.17) is 4.74 Å². The van der Waals surface area contributed by atoms with Gasteiger partial charge in [0.1, 0.15) is 0 Å². The number of pyridine rings is 1. The van der Waals surface area contributed by atoms with E-state index in [1.54, 1.807) is 12.1 Å². The largest absolute Gasteiger partial charge is 0.481 e. The molecule has 0 bridgehead atoms. The van der Waals surface area contributed by atoms with Crippen molar-refractivity contribution in [3.63, 3.8) is 0 Å². The number of halogens is 3. The first kappa shape index (κ1) is 19.9. The van der Waals surface area contributed by atoms with Gasteiger partial charge in [0.2, 0.25) is 11.8 Å². The Bertz CT molecular complexity index is 1120. The third kappa shape index (κ3) is 3.62. The molecule has 156 valence electrons. The summed E-state index contributed by atoms with van der Waals surface area (Å²) >= 11 is 0. The Balaban J connectivity index is 1.82. The van der Waals surface area contributed by atoms with Crippen LogP contribution < -0.4 is 4.74 Å². The summed E-state index contributed by atoms with van der Waals surface area (Å²) in [7, 11) is 1.37. The van der Waals surface area contributed by atoms with E-state index in [0.29, 0.717) is 11.3 Å². The molecule has 3 aromatic rings. The first-order valence-corrected chi connectivity index (χ1v) is 9.35. The lowest BCUT2D eigenvalue weighted by Gasteiger charge is -2.28. The predicted molar refractivity (Wildman–Crippen MR) is 104 cm³/mol. The maximum absolute atomic E-state index is 13.3. The number of amides is 1. The zero-order chi connectivity index (χ0) is 21.5. The predicted octanol–water partition coefficient (Wildman–Crippen LogP) is 4.13. The Labute approximate surface area is 170 Å².